The van der Waals surface area contributed by atoms with Crippen molar-refractivity contribution in [2.24, 2.45) is 0 Å². The van der Waals surface area contributed by atoms with Gasteiger partial charge in [-0.2, -0.15) is 0 Å². The molecule has 2 aliphatic heterocycles. The molecule has 2 aromatic rings. The summed E-state index contributed by atoms with van der Waals surface area (Å²) < 4.78 is 5.18. The Bertz CT molecular complexity index is 775. The molecule has 27 heavy (non-hydrogen) atoms. The minimum atomic E-state index is -0.610. The fourth-order valence-corrected chi connectivity index (χ4v) is 4.05. The summed E-state index contributed by atoms with van der Waals surface area (Å²) >= 11 is 0. The average molecular weight is 367 g/mol. The van der Waals surface area contributed by atoms with Gasteiger partial charge in [0.15, 0.2) is 5.76 Å². The molecule has 0 spiro atoms. The van der Waals surface area contributed by atoms with Gasteiger partial charge in [0.05, 0.1) is 6.26 Å². The highest BCUT2D eigenvalue weighted by Crippen LogP contribution is 2.21. The zero-order valence-corrected chi connectivity index (χ0v) is 15.3. The minimum Gasteiger partial charge on any atom is -0.459 e. The summed E-state index contributed by atoms with van der Waals surface area (Å²) in [5.41, 5.74) is 1.02. The molecule has 4 rings (SSSR count). The van der Waals surface area contributed by atoms with Crippen LogP contribution in [-0.4, -0.2) is 47.9 Å². The lowest BCUT2D eigenvalue weighted by atomic mass is 10.0. The Morgan fingerprint density at radius 1 is 1.11 bits per heavy atom. The molecule has 0 saturated carbocycles. The van der Waals surface area contributed by atoms with Crippen LogP contribution < -0.4 is 10.6 Å². The lowest BCUT2D eigenvalue weighted by molar-refractivity contribution is -0.133. The second kappa shape index (κ2) is 7.96. The van der Waals surface area contributed by atoms with Crippen LogP contribution in [-0.2, 0) is 11.2 Å². The molecule has 2 saturated heterocycles. The summed E-state index contributed by atoms with van der Waals surface area (Å²) in [5.74, 6) is -0.158. The first-order chi connectivity index (χ1) is 13.2. The van der Waals surface area contributed by atoms with Crippen LogP contribution in [0.1, 0.15) is 35.4 Å². The van der Waals surface area contributed by atoms with Crippen molar-refractivity contribution in [2.45, 2.75) is 43.8 Å². The number of nitrogens with one attached hydrogen (secondary N) is 2. The Balaban J connectivity index is 1.50. The van der Waals surface area contributed by atoms with E-state index in [4.69, 9.17) is 4.42 Å². The molecular formula is C21H25N3O3. The predicted octanol–water partition coefficient (Wildman–Crippen LogP) is 1.97. The van der Waals surface area contributed by atoms with Crippen molar-refractivity contribution in [3.05, 3.63) is 60.1 Å². The van der Waals surface area contributed by atoms with E-state index in [2.05, 4.69) is 10.6 Å². The molecule has 3 heterocycles. The summed E-state index contributed by atoms with van der Waals surface area (Å²) in [4.78, 5) is 27.7. The number of furan rings is 1. The Hall–Kier alpha value is -2.60. The van der Waals surface area contributed by atoms with E-state index in [1.54, 1.807) is 12.1 Å². The molecule has 1 aromatic heterocycles. The van der Waals surface area contributed by atoms with Gasteiger partial charge in [0.25, 0.3) is 5.91 Å². The van der Waals surface area contributed by atoms with Gasteiger partial charge >= 0.3 is 0 Å². The third kappa shape index (κ3) is 4.22. The third-order valence-corrected chi connectivity index (χ3v) is 5.47. The zero-order valence-electron chi connectivity index (χ0n) is 15.3. The number of carbonyl (C=O) groups is 2. The molecule has 0 radical (unpaired) electrons. The van der Waals surface area contributed by atoms with Crippen LogP contribution in [0, 0.1) is 0 Å². The number of rotatable bonds is 5. The Labute approximate surface area is 158 Å². The molecule has 2 amide bonds. The zero-order chi connectivity index (χ0) is 18.6. The second-order valence-corrected chi connectivity index (χ2v) is 7.40. The van der Waals surface area contributed by atoms with E-state index in [-0.39, 0.29) is 17.6 Å². The van der Waals surface area contributed by atoms with E-state index >= 15 is 0 Å². The predicted molar refractivity (Wildman–Crippen MR) is 101 cm³/mol. The Morgan fingerprint density at radius 3 is 2.70 bits per heavy atom. The highest BCUT2D eigenvalue weighted by atomic mass is 16.3. The lowest BCUT2D eigenvalue weighted by Gasteiger charge is -2.29. The van der Waals surface area contributed by atoms with Crippen LogP contribution in [0.2, 0.25) is 0 Å². The van der Waals surface area contributed by atoms with Crippen LogP contribution in [0.25, 0.3) is 0 Å². The summed E-state index contributed by atoms with van der Waals surface area (Å²) in [5, 5.41) is 6.48. The van der Waals surface area contributed by atoms with E-state index < -0.39 is 6.04 Å². The van der Waals surface area contributed by atoms with Crippen molar-refractivity contribution >= 4 is 11.8 Å². The van der Waals surface area contributed by atoms with E-state index in [1.165, 1.54) is 12.7 Å². The Kier molecular flexibility index (Phi) is 5.25. The number of carbonyl (C=O) groups excluding carboxylic acids is 2. The van der Waals surface area contributed by atoms with Crippen molar-refractivity contribution in [3.63, 3.8) is 0 Å². The SMILES string of the molecule is O=C(NC(Cc1ccccc1)C(=O)N1CCC2CCC(C1)N2)c1ccco1. The van der Waals surface area contributed by atoms with Gasteiger partial charge in [-0.1, -0.05) is 30.3 Å². The van der Waals surface area contributed by atoms with Crippen LogP contribution in [0.5, 0.6) is 0 Å². The quantitative estimate of drug-likeness (QED) is 0.847. The van der Waals surface area contributed by atoms with Crippen molar-refractivity contribution in [1.82, 2.24) is 15.5 Å². The van der Waals surface area contributed by atoms with E-state index in [0.29, 0.717) is 25.0 Å². The fourth-order valence-electron chi connectivity index (χ4n) is 4.05. The highest BCUT2D eigenvalue weighted by Gasteiger charge is 2.34. The molecule has 2 aliphatic rings. The van der Waals surface area contributed by atoms with Gasteiger partial charge in [-0.3, -0.25) is 9.59 Å². The maximum absolute atomic E-state index is 13.3. The summed E-state index contributed by atoms with van der Waals surface area (Å²) in [6.07, 6.45) is 5.18. The monoisotopic (exact) mass is 367 g/mol. The van der Waals surface area contributed by atoms with Gasteiger partial charge in [-0.05, 0) is 37.0 Å². The normalized spacial score (nSPS) is 22.9. The van der Waals surface area contributed by atoms with E-state index in [9.17, 15) is 9.59 Å². The van der Waals surface area contributed by atoms with Gasteiger partial charge in [-0.25, -0.2) is 0 Å². The number of fused-ring (bicyclic) bond motifs is 2. The number of hydrogen-bond acceptors (Lipinski definition) is 4. The lowest BCUT2D eigenvalue weighted by Crippen LogP contribution is -2.51. The minimum absolute atomic E-state index is 0.0203. The van der Waals surface area contributed by atoms with Gasteiger partial charge in [0.2, 0.25) is 5.91 Å². The molecule has 2 bridgehead atoms. The third-order valence-electron chi connectivity index (χ3n) is 5.47. The smallest absolute Gasteiger partial charge is 0.287 e. The standard InChI is InChI=1S/C21H25N3O3/c25-20(19-7-4-12-27-19)23-18(13-15-5-2-1-3-6-15)21(26)24-11-10-16-8-9-17(14-24)22-16/h1-7,12,16-18,22H,8-11,13-14H2,(H,23,25). The molecule has 2 fully saturated rings. The van der Waals surface area contributed by atoms with Crippen LogP contribution in [0.4, 0.5) is 0 Å². The Morgan fingerprint density at radius 2 is 1.93 bits per heavy atom. The van der Waals surface area contributed by atoms with Crippen LogP contribution in [0.3, 0.4) is 0 Å². The molecule has 2 N–H and O–H groups in total. The molecule has 0 aliphatic carbocycles. The second-order valence-electron chi connectivity index (χ2n) is 7.40. The van der Waals surface area contributed by atoms with Gasteiger partial charge in [-0.15, -0.1) is 0 Å². The van der Waals surface area contributed by atoms with Crippen molar-refractivity contribution in [1.29, 1.82) is 0 Å². The maximum atomic E-state index is 13.3. The summed E-state index contributed by atoms with van der Waals surface area (Å²) in [7, 11) is 0. The molecule has 6 heteroatoms. The number of nitrogens with zero attached hydrogens (tertiary/aromatic N) is 1. The van der Waals surface area contributed by atoms with E-state index in [1.807, 2.05) is 35.2 Å². The first kappa shape index (κ1) is 17.8. The number of hydrogen-bond donors (Lipinski definition) is 2. The summed E-state index contributed by atoms with van der Waals surface area (Å²) in [6, 6.07) is 13.3. The van der Waals surface area contributed by atoms with Gasteiger partial charge < -0.3 is 20.0 Å². The van der Waals surface area contributed by atoms with Crippen molar-refractivity contribution < 1.29 is 14.0 Å². The number of likely N-dealkylation sites (tertiary alicyclic amines) is 1. The topological polar surface area (TPSA) is 74.6 Å². The highest BCUT2D eigenvalue weighted by molar-refractivity contribution is 5.95. The first-order valence-corrected chi connectivity index (χ1v) is 9.62. The molecule has 3 atom stereocenters. The fraction of sp³-hybridized carbons (Fsp3) is 0.429. The number of amides is 2. The van der Waals surface area contributed by atoms with Gasteiger partial charge in [0, 0.05) is 31.6 Å². The number of benzene rings is 1. The maximum Gasteiger partial charge on any atom is 0.287 e. The molecule has 142 valence electrons. The average Bonchev–Trinajstić information content (AvgIpc) is 3.31. The molecule has 3 unspecified atom stereocenters. The summed E-state index contributed by atoms with van der Waals surface area (Å²) in [6.45, 7) is 1.44. The molecular weight excluding hydrogens is 342 g/mol. The van der Waals surface area contributed by atoms with Crippen molar-refractivity contribution in [2.75, 3.05) is 13.1 Å². The van der Waals surface area contributed by atoms with Gasteiger partial charge in [0.1, 0.15) is 6.04 Å². The molecule has 1 aromatic carbocycles. The van der Waals surface area contributed by atoms with Crippen LogP contribution >= 0.6 is 0 Å². The first-order valence-electron chi connectivity index (χ1n) is 9.62. The van der Waals surface area contributed by atoms with Crippen molar-refractivity contribution in [3.8, 4) is 0 Å². The largest absolute Gasteiger partial charge is 0.459 e. The van der Waals surface area contributed by atoms with E-state index in [0.717, 1.165) is 24.9 Å². The van der Waals surface area contributed by atoms with Crippen LogP contribution in [0.15, 0.2) is 53.1 Å². The molecule has 6 nitrogen and oxygen atoms in total.